The Morgan fingerprint density at radius 2 is 1.84 bits per heavy atom. The second kappa shape index (κ2) is 6.60. The number of amides is 1. The van der Waals surface area contributed by atoms with E-state index in [9.17, 15) is 18.0 Å². The molecule has 3 aromatic rings. The summed E-state index contributed by atoms with van der Waals surface area (Å²) in [6.45, 7) is 0. The molecule has 1 heterocycles. The number of nitrogens with one attached hydrogen (secondary N) is 1. The molecule has 4 nitrogen and oxygen atoms in total. The Bertz CT molecular complexity index is 921. The maximum atomic E-state index is 12.7. The lowest BCUT2D eigenvalue weighted by molar-refractivity contribution is -0.137. The van der Waals surface area contributed by atoms with Crippen LogP contribution in [0.15, 0.2) is 60.8 Å². The average molecular weight is 366 g/mol. The van der Waals surface area contributed by atoms with Crippen LogP contribution in [0.1, 0.15) is 16.1 Å². The molecular weight excluding hydrogens is 355 g/mol. The van der Waals surface area contributed by atoms with Gasteiger partial charge in [-0.25, -0.2) is 4.68 Å². The van der Waals surface area contributed by atoms with E-state index in [0.717, 1.165) is 12.1 Å². The van der Waals surface area contributed by atoms with Gasteiger partial charge in [-0.2, -0.15) is 18.3 Å². The van der Waals surface area contributed by atoms with E-state index in [4.69, 9.17) is 11.6 Å². The van der Waals surface area contributed by atoms with Gasteiger partial charge in [-0.1, -0.05) is 29.8 Å². The fraction of sp³-hybridized carbons (Fsp3) is 0.0588. The van der Waals surface area contributed by atoms with Crippen LogP contribution in [-0.2, 0) is 6.18 Å². The van der Waals surface area contributed by atoms with Crippen molar-refractivity contribution in [2.24, 2.45) is 0 Å². The molecule has 0 fully saturated rings. The summed E-state index contributed by atoms with van der Waals surface area (Å²) in [5.74, 6) is -0.620. The van der Waals surface area contributed by atoms with Gasteiger partial charge in [-0.3, -0.25) is 4.79 Å². The summed E-state index contributed by atoms with van der Waals surface area (Å²) in [6, 6.07) is 12.8. The molecule has 0 aliphatic heterocycles. The van der Waals surface area contributed by atoms with Crippen LogP contribution in [0.25, 0.3) is 5.69 Å². The normalized spacial score (nSPS) is 11.4. The van der Waals surface area contributed by atoms with Gasteiger partial charge in [-0.15, -0.1) is 0 Å². The summed E-state index contributed by atoms with van der Waals surface area (Å²) in [5, 5.41) is 6.96. The molecule has 8 heteroatoms. The number of alkyl halides is 3. The van der Waals surface area contributed by atoms with Crippen molar-refractivity contribution in [1.29, 1.82) is 0 Å². The van der Waals surface area contributed by atoms with Crippen LogP contribution in [-0.4, -0.2) is 15.7 Å². The molecule has 1 amide bonds. The minimum absolute atomic E-state index is 0.0344. The van der Waals surface area contributed by atoms with E-state index in [1.54, 1.807) is 30.5 Å². The molecule has 0 aliphatic rings. The third kappa shape index (κ3) is 3.83. The predicted octanol–water partition coefficient (Wildman–Crippen LogP) is 4.80. The molecule has 1 aromatic heterocycles. The quantitative estimate of drug-likeness (QED) is 0.725. The Labute approximate surface area is 145 Å². The molecule has 128 valence electrons. The van der Waals surface area contributed by atoms with Crippen molar-refractivity contribution in [2.45, 2.75) is 6.18 Å². The van der Waals surface area contributed by atoms with E-state index in [0.29, 0.717) is 10.7 Å². The summed E-state index contributed by atoms with van der Waals surface area (Å²) in [4.78, 5) is 12.2. The summed E-state index contributed by atoms with van der Waals surface area (Å²) < 4.78 is 39.6. The lowest BCUT2D eigenvalue weighted by Crippen LogP contribution is -2.14. The number of aromatic nitrogens is 2. The number of benzene rings is 2. The summed E-state index contributed by atoms with van der Waals surface area (Å²) in [5.41, 5.74) is -0.168. The van der Waals surface area contributed by atoms with Gasteiger partial charge < -0.3 is 5.32 Å². The van der Waals surface area contributed by atoms with Gasteiger partial charge in [0, 0.05) is 11.9 Å². The van der Waals surface area contributed by atoms with Crippen molar-refractivity contribution < 1.29 is 18.0 Å². The van der Waals surface area contributed by atoms with Crippen molar-refractivity contribution in [3.63, 3.8) is 0 Å². The molecule has 0 aliphatic carbocycles. The van der Waals surface area contributed by atoms with E-state index < -0.39 is 17.6 Å². The van der Waals surface area contributed by atoms with Crippen LogP contribution < -0.4 is 5.32 Å². The molecule has 1 N–H and O–H groups in total. The largest absolute Gasteiger partial charge is 0.416 e. The first-order chi connectivity index (χ1) is 11.8. The number of nitrogens with zero attached hydrogens (tertiary/aromatic N) is 2. The number of halogens is 4. The Morgan fingerprint density at radius 1 is 1.08 bits per heavy atom. The monoisotopic (exact) mass is 365 g/mol. The van der Waals surface area contributed by atoms with Gasteiger partial charge in [0.05, 0.1) is 16.3 Å². The molecule has 0 atom stereocenters. The SMILES string of the molecule is O=C(Nc1cccc(C(F)(F)F)c1)c1ccn(-c2ccccc2Cl)n1. The maximum Gasteiger partial charge on any atom is 0.416 e. The van der Waals surface area contributed by atoms with Gasteiger partial charge >= 0.3 is 6.18 Å². The second-order valence-corrected chi connectivity index (χ2v) is 5.54. The van der Waals surface area contributed by atoms with Crippen molar-refractivity contribution in [3.8, 4) is 5.69 Å². The van der Waals surface area contributed by atoms with E-state index in [-0.39, 0.29) is 11.4 Å². The Morgan fingerprint density at radius 3 is 2.56 bits per heavy atom. The van der Waals surface area contributed by atoms with Crippen LogP contribution >= 0.6 is 11.6 Å². The smallest absolute Gasteiger partial charge is 0.321 e. The lowest BCUT2D eigenvalue weighted by Gasteiger charge is -2.09. The van der Waals surface area contributed by atoms with E-state index in [1.165, 1.54) is 22.9 Å². The average Bonchev–Trinajstić information content (AvgIpc) is 3.04. The standard InChI is InChI=1S/C17H11ClF3N3O/c18-13-6-1-2-7-15(13)24-9-8-14(23-24)16(25)22-12-5-3-4-11(10-12)17(19,20)21/h1-10H,(H,22,25). The first-order valence-corrected chi connectivity index (χ1v) is 7.51. The highest BCUT2D eigenvalue weighted by atomic mass is 35.5. The zero-order chi connectivity index (χ0) is 18.0. The molecule has 25 heavy (non-hydrogen) atoms. The number of hydrogen-bond acceptors (Lipinski definition) is 2. The highest BCUT2D eigenvalue weighted by molar-refractivity contribution is 6.32. The molecular formula is C17H11ClF3N3O. The fourth-order valence-corrected chi connectivity index (χ4v) is 2.41. The molecule has 0 unspecified atom stereocenters. The number of carbonyl (C=O) groups is 1. The first kappa shape index (κ1) is 17.0. The van der Waals surface area contributed by atoms with Gasteiger partial charge in [0.2, 0.25) is 0 Å². The zero-order valence-corrected chi connectivity index (χ0v) is 13.3. The van der Waals surface area contributed by atoms with E-state index in [2.05, 4.69) is 10.4 Å². The lowest BCUT2D eigenvalue weighted by atomic mass is 10.2. The third-order valence-electron chi connectivity index (χ3n) is 3.37. The third-order valence-corrected chi connectivity index (χ3v) is 3.69. The minimum atomic E-state index is -4.48. The van der Waals surface area contributed by atoms with Crippen LogP contribution in [0.5, 0.6) is 0 Å². The Hall–Kier alpha value is -2.80. The molecule has 0 bridgehead atoms. The van der Waals surface area contributed by atoms with Crippen LogP contribution in [0.4, 0.5) is 18.9 Å². The zero-order valence-electron chi connectivity index (χ0n) is 12.6. The molecule has 0 radical (unpaired) electrons. The minimum Gasteiger partial charge on any atom is -0.321 e. The first-order valence-electron chi connectivity index (χ1n) is 7.14. The Kier molecular flexibility index (Phi) is 4.50. The highest BCUT2D eigenvalue weighted by Crippen LogP contribution is 2.30. The van der Waals surface area contributed by atoms with Gasteiger partial charge in [0.1, 0.15) is 0 Å². The number of rotatable bonds is 3. The number of hydrogen-bond donors (Lipinski definition) is 1. The van der Waals surface area contributed by atoms with Crippen molar-refractivity contribution in [1.82, 2.24) is 9.78 Å². The van der Waals surface area contributed by atoms with Crippen LogP contribution in [0.2, 0.25) is 5.02 Å². The van der Waals surface area contributed by atoms with Gasteiger partial charge in [0.15, 0.2) is 5.69 Å². The summed E-state index contributed by atoms with van der Waals surface area (Å²) >= 11 is 6.07. The van der Waals surface area contributed by atoms with Crippen molar-refractivity contribution >= 4 is 23.2 Å². The number of carbonyl (C=O) groups excluding carboxylic acids is 1. The summed E-state index contributed by atoms with van der Waals surface area (Å²) in [7, 11) is 0. The fourth-order valence-electron chi connectivity index (χ4n) is 2.19. The van der Waals surface area contributed by atoms with Crippen molar-refractivity contribution in [3.05, 3.63) is 77.1 Å². The van der Waals surface area contributed by atoms with Gasteiger partial charge in [-0.05, 0) is 36.4 Å². The molecule has 3 rings (SSSR count). The van der Waals surface area contributed by atoms with E-state index in [1.807, 2.05) is 0 Å². The van der Waals surface area contributed by atoms with Crippen LogP contribution in [0, 0.1) is 0 Å². The highest BCUT2D eigenvalue weighted by Gasteiger charge is 2.30. The van der Waals surface area contributed by atoms with Crippen molar-refractivity contribution in [2.75, 3.05) is 5.32 Å². The molecule has 0 spiro atoms. The molecule has 2 aromatic carbocycles. The van der Waals surface area contributed by atoms with Crippen LogP contribution in [0.3, 0.4) is 0 Å². The number of anilines is 1. The predicted molar refractivity (Wildman–Crippen MR) is 88.0 cm³/mol. The molecule has 0 saturated carbocycles. The second-order valence-electron chi connectivity index (χ2n) is 5.13. The van der Waals surface area contributed by atoms with Gasteiger partial charge in [0.25, 0.3) is 5.91 Å². The maximum absolute atomic E-state index is 12.7. The topological polar surface area (TPSA) is 46.9 Å². The molecule has 0 saturated heterocycles. The van der Waals surface area contributed by atoms with E-state index >= 15 is 0 Å². The Balaban J connectivity index is 1.80. The summed E-state index contributed by atoms with van der Waals surface area (Å²) in [6.07, 6.45) is -2.94. The number of para-hydroxylation sites is 1.